The first-order chi connectivity index (χ1) is 6.27. The topological polar surface area (TPSA) is 141 Å². The number of carboxylic acids is 3. The average molecular weight is 283 g/mol. The van der Waals surface area contributed by atoms with Gasteiger partial charge in [-0.25, -0.2) is 0 Å². The van der Waals surface area contributed by atoms with Crippen LogP contribution in [0.3, 0.4) is 0 Å². The van der Waals surface area contributed by atoms with Crippen molar-refractivity contribution in [3.63, 3.8) is 0 Å². The SMILES string of the molecule is CC(O)C(=O)[O-].O=C([O-])C=CC(=O)[O-].[Ca+2].[Ca+2]. The molecule has 0 bridgehead atoms. The number of rotatable bonds is 3. The van der Waals surface area contributed by atoms with Crippen LogP contribution < -0.4 is 15.3 Å². The van der Waals surface area contributed by atoms with E-state index in [4.69, 9.17) is 5.11 Å². The molecule has 0 aromatic carbocycles. The van der Waals surface area contributed by atoms with Crippen molar-refractivity contribution in [1.29, 1.82) is 0 Å². The van der Waals surface area contributed by atoms with Crippen LogP contribution in [0.2, 0.25) is 0 Å². The average Bonchev–Trinajstić information content (AvgIpc) is 2.01. The summed E-state index contributed by atoms with van der Waals surface area (Å²) in [5, 5.41) is 36.1. The van der Waals surface area contributed by atoms with Crippen molar-refractivity contribution in [3.8, 4) is 0 Å². The molecule has 0 saturated carbocycles. The number of hydrogen-bond donors (Lipinski definition) is 1. The number of carbonyl (C=O) groups excluding carboxylic acids is 3. The van der Waals surface area contributed by atoms with Crippen LogP contribution in [0, 0.1) is 0 Å². The minimum absolute atomic E-state index is 0. The predicted octanol–water partition coefficient (Wildman–Crippen LogP) is -5.60. The summed E-state index contributed by atoms with van der Waals surface area (Å²) in [5.74, 6) is -4.53. The second-order valence-corrected chi connectivity index (χ2v) is 1.97. The summed E-state index contributed by atoms with van der Waals surface area (Å²) in [5.41, 5.74) is 0. The molecule has 80 valence electrons. The van der Waals surface area contributed by atoms with E-state index in [0.717, 1.165) is 6.92 Å². The Kier molecular flexibility index (Phi) is 24.9. The summed E-state index contributed by atoms with van der Waals surface area (Å²) in [6.07, 6.45) is -0.574. The fourth-order valence-electron chi connectivity index (χ4n) is 0.136. The Bertz CT molecular complexity index is 233. The Morgan fingerprint density at radius 2 is 1.19 bits per heavy atom. The second kappa shape index (κ2) is 15.6. The third-order valence-corrected chi connectivity index (χ3v) is 0.697. The van der Waals surface area contributed by atoms with Crippen LogP contribution in [0.4, 0.5) is 0 Å². The normalized spacial score (nSPS) is 9.88. The molecule has 0 rings (SSSR count). The predicted molar refractivity (Wildman–Crippen MR) is 47.3 cm³/mol. The monoisotopic (exact) mass is 283 g/mol. The third-order valence-electron chi connectivity index (χ3n) is 0.697. The van der Waals surface area contributed by atoms with Crippen molar-refractivity contribution in [2.24, 2.45) is 0 Å². The van der Waals surface area contributed by atoms with E-state index in [2.05, 4.69) is 0 Å². The smallest absolute Gasteiger partial charge is 0.547 e. The molecule has 1 atom stereocenters. The number of aliphatic carboxylic acids is 3. The van der Waals surface area contributed by atoms with Crippen LogP contribution in [0.15, 0.2) is 12.2 Å². The van der Waals surface area contributed by atoms with Crippen molar-refractivity contribution in [3.05, 3.63) is 12.2 Å². The first-order valence-corrected chi connectivity index (χ1v) is 3.26. The number of aliphatic hydroxyl groups excluding tert-OH is 1. The molecular weight excluding hydrogens is 276 g/mol. The van der Waals surface area contributed by atoms with Gasteiger partial charge >= 0.3 is 75.5 Å². The molecule has 0 heterocycles. The summed E-state index contributed by atoms with van der Waals surface area (Å²) >= 11 is 0. The Morgan fingerprint density at radius 3 is 1.25 bits per heavy atom. The number of aliphatic hydroxyl groups is 1. The molecule has 0 radical (unpaired) electrons. The molecule has 9 heteroatoms. The van der Waals surface area contributed by atoms with Crippen LogP contribution in [-0.4, -0.2) is 105 Å². The van der Waals surface area contributed by atoms with E-state index < -0.39 is 24.0 Å². The van der Waals surface area contributed by atoms with E-state index in [1.807, 2.05) is 0 Å². The Hall–Kier alpha value is 0.629. The van der Waals surface area contributed by atoms with Crippen molar-refractivity contribution in [2.45, 2.75) is 13.0 Å². The van der Waals surface area contributed by atoms with Gasteiger partial charge in [0.25, 0.3) is 0 Å². The van der Waals surface area contributed by atoms with Gasteiger partial charge in [0.2, 0.25) is 0 Å². The van der Waals surface area contributed by atoms with E-state index in [1.54, 1.807) is 0 Å². The fraction of sp³-hybridized carbons (Fsp3) is 0.286. The first kappa shape index (κ1) is 25.5. The Labute approximate surface area is 151 Å². The minimum atomic E-state index is -1.55. The van der Waals surface area contributed by atoms with Crippen LogP contribution in [0.1, 0.15) is 6.92 Å². The fourth-order valence-corrected chi connectivity index (χ4v) is 0.136. The van der Waals surface area contributed by atoms with Gasteiger partial charge < -0.3 is 34.8 Å². The zero-order valence-corrected chi connectivity index (χ0v) is 13.0. The molecule has 0 saturated heterocycles. The maximum atomic E-state index is 9.41. The molecule has 0 aromatic heterocycles. The zero-order chi connectivity index (χ0) is 11.7. The maximum Gasteiger partial charge on any atom is 2.00 e. The first-order valence-electron chi connectivity index (χ1n) is 3.26. The molecular formula is C7H7Ca2O7+. The number of carbonyl (C=O) groups is 3. The van der Waals surface area contributed by atoms with Gasteiger partial charge in [-0.2, -0.15) is 0 Å². The third kappa shape index (κ3) is 29.3. The molecule has 1 N–H and O–H groups in total. The van der Waals surface area contributed by atoms with E-state index in [-0.39, 0.29) is 75.5 Å². The molecule has 16 heavy (non-hydrogen) atoms. The molecule has 0 aliphatic rings. The van der Waals surface area contributed by atoms with Crippen molar-refractivity contribution in [1.82, 2.24) is 0 Å². The van der Waals surface area contributed by atoms with Crippen LogP contribution in [0.5, 0.6) is 0 Å². The van der Waals surface area contributed by atoms with Gasteiger partial charge in [-0.3, -0.25) is 0 Å². The second-order valence-electron chi connectivity index (χ2n) is 1.97. The van der Waals surface area contributed by atoms with E-state index in [0.29, 0.717) is 12.2 Å². The molecule has 7 nitrogen and oxygen atoms in total. The van der Waals surface area contributed by atoms with Gasteiger partial charge in [-0.1, -0.05) is 0 Å². The summed E-state index contributed by atoms with van der Waals surface area (Å²) < 4.78 is 0. The largest absolute Gasteiger partial charge is 2.00 e. The Morgan fingerprint density at radius 1 is 1.00 bits per heavy atom. The van der Waals surface area contributed by atoms with Gasteiger partial charge in [0.1, 0.15) is 0 Å². The molecule has 0 fully saturated rings. The summed E-state index contributed by atoms with van der Waals surface area (Å²) in [6, 6.07) is 0. The van der Waals surface area contributed by atoms with Gasteiger partial charge in [-0.05, 0) is 19.1 Å². The van der Waals surface area contributed by atoms with Gasteiger partial charge in [0, 0.05) is 0 Å². The molecule has 1 unspecified atom stereocenters. The number of carboxylic acid groups (broad SMARTS) is 3. The van der Waals surface area contributed by atoms with E-state index in [1.165, 1.54) is 0 Å². The van der Waals surface area contributed by atoms with Crippen molar-refractivity contribution < 1.29 is 34.8 Å². The minimum Gasteiger partial charge on any atom is -0.547 e. The Balaban J connectivity index is -0.0000000825. The van der Waals surface area contributed by atoms with Gasteiger partial charge in [-0.15, -0.1) is 0 Å². The summed E-state index contributed by atoms with van der Waals surface area (Å²) in [7, 11) is 0. The number of hydrogen-bond acceptors (Lipinski definition) is 7. The summed E-state index contributed by atoms with van der Waals surface area (Å²) in [4.78, 5) is 28.2. The van der Waals surface area contributed by atoms with Crippen LogP contribution in [0.25, 0.3) is 0 Å². The quantitative estimate of drug-likeness (QED) is 0.402. The van der Waals surface area contributed by atoms with Crippen LogP contribution in [-0.2, 0) is 14.4 Å². The zero-order valence-electron chi connectivity index (χ0n) is 8.54. The standard InChI is InChI=1S/C4H4O4.C3H6O3.2Ca/c5-3(6)1-2-4(7)8;1-2(4)3(5)6;;/h1-2H,(H,5,6)(H,7,8);2,4H,1H3,(H,5,6);;/q;;2*+2/p-3. The van der Waals surface area contributed by atoms with Crippen molar-refractivity contribution in [2.75, 3.05) is 0 Å². The summed E-state index contributed by atoms with van der Waals surface area (Å²) in [6.45, 7) is 1.13. The molecule has 0 aliphatic heterocycles. The van der Waals surface area contributed by atoms with E-state index in [9.17, 15) is 29.7 Å². The maximum absolute atomic E-state index is 9.41. The van der Waals surface area contributed by atoms with Gasteiger partial charge in [0.15, 0.2) is 0 Å². The molecule has 0 aromatic rings. The van der Waals surface area contributed by atoms with E-state index >= 15 is 0 Å². The van der Waals surface area contributed by atoms with Crippen LogP contribution >= 0.6 is 0 Å². The molecule has 0 spiro atoms. The molecule has 0 aliphatic carbocycles. The van der Waals surface area contributed by atoms with Gasteiger partial charge in [0.05, 0.1) is 24.0 Å². The molecule has 0 amide bonds. The van der Waals surface area contributed by atoms with Crippen molar-refractivity contribution >= 4 is 93.4 Å².